The normalized spacial score (nSPS) is 10.6. The van der Waals surface area contributed by atoms with Crippen LogP contribution in [0.15, 0.2) is 54.9 Å². The van der Waals surface area contributed by atoms with Gasteiger partial charge in [0.25, 0.3) is 0 Å². The van der Waals surface area contributed by atoms with Gasteiger partial charge in [-0.25, -0.2) is 9.78 Å². The number of carbonyl (C=O) groups is 1. The Balaban J connectivity index is 1.57. The summed E-state index contributed by atoms with van der Waals surface area (Å²) in [5, 5.41) is 6.80. The maximum Gasteiger partial charge on any atom is 0.324 e. The number of nitrogens with one attached hydrogen (secondary N) is 2. The Morgan fingerprint density at radius 2 is 1.62 bits per heavy atom. The third-order valence-corrected chi connectivity index (χ3v) is 5.61. The van der Waals surface area contributed by atoms with Crippen molar-refractivity contribution >= 4 is 40.0 Å². The molecule has 0 spiro atoms. The van der Waals surface area contributed by atoms with E-state index in [4.69, 9.17) is 25.8 Å². The zero-order valence-electron chi connectivity index (χ0n) is 19.1. The summed E-state index contributed by atoms with van der Waals surface area (Å²) in [5.74, 6) is 2.86. The van der Waals surface area contributed by atoms with Gasteiger partial charge in [0.2, 0.25) is 0 Å². The molecular formula is C25H23ClN4O4. The number of ether oxygens (including phenoxy) is 3. The molecule has 174 valence electrons. The Labute approximate surface area is 201 Å². The summed E-state index contributed by atoms with van der Waals surface area (Å²) in [6.45, 7) is 3.85. The van der Waals surface area contributed by atoms with Crippen molar-refractivity contribution in [2.24, 2.45) is 0 Å². The number of anilines is 2. The summed E-state index contributed by atoms with van der Waals surface area (Å²) in [6.07, 6.45) is 3.14. The maximum absolute atomic E-state index is 12.4. The lowest BCUT2D eigenvalue weighted by molar-refractivity contribution is 0.262. The highest BCUT2D eigenvalue weighted by Gasteiger charge is 2.14. The predicted molar refractivity (Wildman–Crippen MR) is 133 cm³/mol. The number of fused-ring (bicyclic) bond motifs is 1. The molecule has 4 aromatic rings. The first kappa shape index (κ1) is 23.1. The molecule has 0 radical (unpaired) electrons. The summed E-state index contributed by atoms with van der Waals surface area (Å²) in [5.41, 5.74) is 3.12. The van der Waals surface area contributed by atoms with Gasteiger partial charge in [-0.2, -0.15) is 0 Å². The molecule has 9 heteroatoms. The third-order valence-electron chi connectivity index (χ3n) is 5.38. The largest absolute Gasteiger partial charge is 0.493 e. The molecule has 2 aromatic carbocycles. The zero-order chi connectivity index (χ0) is 24.2. The number of hydrogen-bond acceptors (Lipinski definition) is 6. The average Bonchev–Trinajstić information content (AvgIpc) is 2.84. The average molecular weight is 479 g/mol. The molecule has 2 N–H and O–H groups in total. The van der Waals surface area contributed by atoms with E-state index in [2.05, 4.69) is 20.6 Å². The minimum atomic E-state index is -0.410. The highest BCUT2D eigenvalue weighted by Crippen LogP contribution is 2.38. The molecule has 2 amide bonds. The molecular weight excluding hydrogens is 456 g/mol. The molecule has 0 aliphatic carbocycles. The Bertz CT molecular complexity index is 1360. The summed E-state index contributed by atoms with van der Waals surface area (Å²) >= 11 is 5.83. The smallest absolute Gasteiger partial charge is 0.324 e. The number of benzene rings is 2. The molecule has 0 fully saturated rings. The van der Waals surface area contributed by atoms with Crippen LogP contribution in [0.5, 0.6) is 23.0 Å². The first-order valence-electron chi connectivity index (χ1n) is 10.4. The van der Waals surface area contributed by atoms with Crippen molar-refractivity contribution in [2.75, 3.05) is 24.9 Å². The molecule has 0 unspecified atom stereocenters. The number of hydrogen-bond donors (Lipinski definition) is 2. The zero-order valence-corrected chi connectivity index (χ0v) is 19.9. The van der Waals surface area contributed by atoms with Crippen LogP contribution in [0.1, 0.15) is 11.1 Å². The first-order chi connectivity index (χ1) is 16.4. The van der Waals surface area contributed by atoms with Crippen molar-refractivity contribution in [1.82, 2.24) is 9.97 Å². The Hall–Kier alpha value is -4.04. The first-order valence-corrected chi connectivity index (χ1v) is 10.8. The third kappa shape index (κ3) is 4.82. The molecule has 0 saturated carbocycles. The quantitative estimate of drug-likeness (QED) is 0.335. The predicted octanol–water partition coefficient (Wildman–Crippen LogP) is 6.35. The molecule has 0 aliphatic rings. The van der Waals surface area contributed by atoms with Gasteiger partial charge >= 0.3 is 6.03 Å². The summed E-state index contributed by atoms with van der Waals surface area (Å²) in [4.78, 5) is 20.9. The van der Waals surface area contributed by atoms with E-state index in [-0.39, 0.29) is 0 Å². The van der Waals surface area contributed by atoms with E-state index >= 15 is 0 Å². The number of halogens is 1. The van der Waals surface area contributed by atoms with E-state index in [1.807, 2.05) is 26.0 Å². The van der Waals surface area contributed by atoms with Gasteiger partial charge in [0.05, 0.1) is 24.8 Å². The van der Waals surface area contributed by atoms with Gasteiger partial charge in [0, 0.05) is 29.5 Å². The SMILES string of the molecule is COc1cc2nccc(Oc3ccc(NC(=O)Nc4ccc(Cl)cn4)c(C)c3C)c2cc1OC. The number of amides is 2. The van der Waals surface area contributed by atoms with Gasteiger partial charge < -0.3 is 19.5 Å². The molecule has 8 nitrogen and oxygen atoms in total. The van der Waals surface area contributed by atoms with Crippen molar-refractivity contribution < 1.29 is 19.0 Å². The lowest BCUT2D eigenvalue weighted by Crippen LogP contribution is -2.20. The summed E-state index contributed by atoms with van der Waals surface area (Å²) in [7, 11) is 3.16. The van der Waals surface area contributed by atoms with Crippen LogP contribution in [0.2, 0.25) is 5.02 Å². The van der Waals surface area contributed by atoms with Crippen molar-refractivity contribution in [3.8, 4) is 23.0 Å². The molecule has 34 heavy (non-hydrogen) atoms. The number of carbonyl (C=O) groups excluding carboxylic acids is 1. The van der Waals surface area contributed by atoms with Crippen molar-refractivity contribution in [1.29, 1.82) is 0 Å². The highest BCUT2D eigenvalue weighted by molar-refractivity contribution is 6.30. The fraction of sp³-hybridized carbons (Fsp3) is 0.160. The maximum atomic E-state index is 12.4. The van der Waals surface area contributed by atoms with E-state index in [0.717, 1.165) is 22.0 Å². The standard InChI is InChI=1S/C25H23ClN4O4/c1-14-15(2)20(7-6-18(14)29-25(31)30-24-8-5-16(26)13-28-24)34-21-9-10-27-19-12-23(33-4)22(32-3)11-17(19)21/h5-13H,1-4H3,(H2,28,29,30,31). The topological polar surface area (TPSA) is 94.6 Å². The van der Waals surface area contributed by atoms with Crippen LogP contribution in [-0.4, -0.2) is 30.2 Å². The van der Waals surface area contributed by atoms with E-state index in [1.165, 1.54) is 6.20 Å². The number of rotatable bonds is 6. The van der Waals surface area contributed by atoms with Crippen LogP contribution in [-0.2, 0) is 0 Å². The molecule has 2 aromatic heterocycles. The van der Waals surface area contributed by atoms with Crippen LogP contribution in [0.3, 0.4) is 0 Å². The molecule has 2 heterocycles. The number of urea groups is 1. The number of methoxy groups -OCH3 is 2. The molecule has 0 saturated heterocycles. The van der Waals surface area contributed by atoms with Gasteiger partial charge in [-0.15, -0.1) is 0 Å². The van der Waals surface area contributed by atoms with Crippen LogP contribution in [0, 0.1) is 13.8 Å². The van der Waals surface area contributed by atoms with Gasteiger partial charge in [-0.1, -0.05) is 11.6 Å². The van der Waals surface area contributed by atoms with Gasteiger partial charge in [0.15, 0.2) is 11.5 Å². The second-order valence-electron chi connectivity index (χ2n) is 7.44. The molecule has 0 aliphatic heterocycles. The van der Waals surface area contributed by atoms with E-state index in [9.17, 15) is 4.79 Å². The van der Waals surface area contributed by atoms with E-state index in [0.29, 0.717) is 39.5 Å². The lowest BCUT2D eigenvalue weighted by atomic mass is 10.1. The van der Waals surface area contributed by atoms with Crippen LogP contribution in [0.25, 0.3) is 10.9 Å². The monoisotopic (exact) mass is 478 g/mol. The Morgan fingerprint density at radius 3 is 2.32 bits per heavy atom. The Morgan fingerprint density at radius 1 is 0.853 bits per heavy atom. The van der Waals surface area contributed by atoms with E-state index < -0.39 is 6.03 Å². The number of aromatic nitrogens is 2. The fourth-order valence-electron chi connectivity index (χ4n) is 3.42. The fourth-order valence-corrected chi connectivity index (χ4v) is 3.53. The van der Waals surface area contributed by atoms with Crippen LogP contribution >= 0.6 is 11.6 Å². The molecule has 0 atom stereocenters. The van der Waals surface area contributed by atoms with Crippen molar-refractivity contribution in [3.63, 3.8) is 0 Å². The minimum absolute atomic E-state index is 0.396. The molecule has 4 rings (SSSR count). The van der Waals surface area contributed by atoms with Gasteiger partial charge in [0.1, 0.15) is 17.3 Å². The molecule has 0 bridgehead atoms. The number of pyridine rings is 2. The lowest BCUT2D eigenvalue weighted by Gasteiger charge is -2.16. The van der Waals surface area contributed by atoms with Crippen LogP contribution < -0.4 is 24.8 Å². The number of nitrogens with zero attached hydrogens (tertiary/aromatic N) is 2. The minimum Gasteiger partial charge on any atom is -0.493 e. The second kappa shape index (κ2) is 9.84. The van der Waals surface area contributed by atoms with Crippen molar-refractivity contribution in [3.05, 3.63) is 71.0 Å². The highest BCUT2D eigenvalue weighted by atomic mass is 35.5. The summed E-state index contributed by atoms with van der Waals surface area (Å²) in [6, 6.07) is 11.9. The van der Waals surface area contributed by atoms with Gasteiger partial charge in [-0.05, 0) is 61.4 Å². The van der Waals surface area contributed by atoms with E-state index in [1.54, 1.807) is 50.7 Å². The second-order valence-corrected chi connectivity index (χ2v) is 7.87. The Kier molecular flexibility index (Phi) is 6.70. The van der Waals surface area contributed by atoms with Crippen LogP contribution in [0.4, 0.5) is 16.3 Å². The summed E-state index contributed by atoms with van der Waals surface area (Å²) < 4.78 is 17.1. The van der Waals surface area contributed by atoms with Crippen molar-refractivity contribution in [2.45, 2.75) is 13.8 Å². The van der Waals surface area contributed by atoms with Gasteiger partial charge in [-0.3, -0.25) is 10.3 Å².